The highest BCUT2D eigenvalue weighted by Crippen LogP contribution is 2.27. The number of benzene rings is 1. The van der Waals surface area contributed by atoms with Gasteiger partial charge in [0, 0.05) is 11.8 Å². The molecule has 0 aliphatic heterocycles. The standard InChI is InChI=1S/C14H12N2O3/c1-9-6-7-16-12(8-17)13(9)10-2-4-11(5-3-10)19-14(15)18/h2-8H,1H3,(H2,15,18). The molecule has 1 amide bonds. The van der Waals surface area contributed by atoms with E-state index in [-0.39, 0.29) is 0 Å². The summed E-state index contributed by atoms with van der Waals surface area (Å²) in [5.74, 6) is 0.352. The number of ether oxygens (including phenoxy) is 1. The van der Waals surface area contributed by atoms with Gasteiger partial charge in [-0.15, -0.1) is 0 Å². The highest BCUT2D eigenvalue weighted by molar-refractivity contribution is 5.86. The second-order valence-electron chi connectivity index (χ2n) is 3.95. The SMILES string of the molecule is Cc1ccnc(C=O)c1-c1ccc(OC(N)=O)cc1. The van der Waals surface area contributed by atoms with E-state index in [2.05, 4.69) is 4.98 Å². The van der Waals surface area contributed by atoms with Crippen molar-refractivity contribution in [1.82, 2.24) is 4.98 Å². The van der Waals surface area contributed by atoms with Crippen molar-refractivity contribution in [3.8, 4) is 16.9 Å². The van der Waals surface area contributed by atoms with E-state index in [1.165, 1.54) is 0 Å². The Labute approximate surface area is 110 Å². The van der Waals surface area contributed by atoms with Crippen LogP contribution in [0.15, 0.2) is 36.5 Å². The van der Waals surface area contributed by atoms with Crippen LogP contribution in [-0.4, -0.2) is 17.4 Å². The summed E-state index contributed by atoms with van der Waals surface area (Å²) in [5.41, 5.74) is 7.84. The predicted octanol–water partition coefficient (Wildman–Crippen LogP) is 2.33. The van der Waals surface area contributed by atoms with Crippen LogP contribution in [-0.2, 0) is 0 Å². The third-order valence-corrected chi connectivity index (χ3v) is 2.66. The maximum absolute atomic E-state index is 11.0. The maximum atomic E-state index is 11.0. The van der Waals surface area contributed by atoms with Gasteiger partial charge in [-0.3, -0.25) is 9.78 Å². The lowest BCUT2D eigenvalue weighted by atomic mass is 9.99. The van der Waals surface area contributed by atoms with Crippen LogP contribution in [0.4, 0.5) is 4.79 Å². The Morgan fingerprint density at radius 2 is 1.95 bits per heavy atom. The van der Waals surface area contributed by atoms with Gasteiger partial charge in [0.05, 0.1) is 0 Å². The smallest absolute Gasteiger partial charge is 0.409 e. The first-order chi connectivity index (χ1) is 9.11. The molecule has 0 aliphatic carbocycles. The van der Waals surface area contributed by atoms with Gasteiger partial charge in [-0.05, 0) is 36.2 Å². The summed E-state index contributed by atoms with van der Waals surface area (Å²) in [5, 5.41) is 0. The number of hydrogen-bond acceptors (Lipinski definition) is 4. The number of aldehydes is 1. The van der Waals surface area contributed by atoms with Gasteiger partial charge in [0.25, 0.3) is 0 Å². The normalized spacial score (nSPS) is 9.95. The Morgan fingerprint density at radius 3 is 2.53 bits per heavy atom. The lowest BCUT2D eigenvalue weighted by Crippen LogP contribution is -2.16. The van der Waals surface area contributed by atoms with Crippen LogP contribution in [0.5, 0.6) is 5.75 Å². The van der Waals surface area contributed by atoms with Crippen molar-refractivity contribution in [2.75, 3.05) is 0 Å². The predicted molar refractivity (Wildman–Crippen MR) is 70.0 cm³/mol. The average molecular weight is 256 g/mol. The third-order valence-electron chi connectivity index (χ3n) is 2.66. The summed E-state index contributed by atoms with van der Waals surface area (Å²) in [6.45, 7) is 1.90. The highest BCUT2D eigenvalue weighted by Gasteiger charge is 2.09. The largest absolute Gasteiger partial charge is 0.411 e. The summed E-state index contributed by atoms with van der Waals surface area (Å²) in [4.78, 5) is 25.7. The zero-order valence-corrected chi connectivity index (χ0v) is 10.3. The van der Waals surface area contributed by atoms with Crippen LogP contribution in [0.3, 0.4) is 0 Å². The topological polar surface area (TPSA) is 82.3 Å². The summed E-state index contributed by atoms with van der Waals surface area (Å²) in [6, 6.07) is 8.54. The van der Waals surface area contributed by atoms with Crippen LogP contribution in [0.25, 0.3) is 11.1 Å². The molecule has 0 bridgehead atoms. The number of hydrogen-bond donors (Lipinski definition) is 1. The lowest BCUT2D eigenvalue weighted by Gasteiger charge is -2.08. The molecular formula is C14H12N2O3. The van der Waals surface area contributed by atoms with Crippen molar-refractivity contribution in [1.29, 1.82) is 0 Å². The fourth-order valence-corrected chi connectivity index (χ4v) is 1.85. The monoisotopic (exact) mass is 256 g/mol. The minimum atomic E-state index is -0.862. The van der Waals surface area contributed by atoms with Gasteiger partial charge in [0.15, 0.2) is 6.29 Å². The molecule has 1 aromatic carbocycles. The van der Waals surface area contributed by atoms with E-state index >= 15 is 0 Å². The van der Waals surface area contributed by atoms with Gasteiger partial charge in [-0.1, -0.05) is 12.1 Å². The average Bonchev–Trinajstić information content (AvgIpc) is 2.39. The van der Waals surface area contributed by atoms with E-state index in [9.17, 15) is 9.59 Å². The van der Waals surface area contributed by atoms with E-state index in [4.69, 9.17) is 10.5 Å². The van der Waals surface area contributed by atoms with Crippen LogP contribution in [0.2, 0.25) is 0 Å². The van der Waals surface area contributed by atoms with E-state index in [1.54, 1.807) is 30.5 Å². The Hall–Kier alpha value is -2.69. The molecule has 0 fully saturated rings. The zero-order chi connectivity index (χ0) is 13.8. The highest BCUT2D eigenvalue weighted by atomic mass is 16.5. The van der Waals surface area contributed by atoms with E-state index in [0.717, 1.165) is 23.0 Å². The molecule has 5 heteroatoms. The van der Waals surface area contributed by atoms with Crippen molar-refractivity contribution < 1.29 is 14.3 Å². The van der Waals surface area contributed by atoms with Crippen molar-refractivity contribution in [2.24, 2.45) is 5.73 Å². The number of nitrogens with zero attached hydrogens (tertiary/aromatic N) is 1. The molecule has 0 radical (unpaired) electrons. The first kappa shape index (κ1) is 12.8. The van der Waals surface area contributed by atoms with E-state index in [0.29, 0.717) is 11.4 Å². The Bertz CT molecular complexity index is 621. The fourth-order valence-electron chi connectivity index (χ4n) is 1.85. The number of carbonyl (C=O) groups is 2. The Balaban J connectivity index is 2.42. The van der Waals surface area contributed by atoms with Crippen molar-refractivity contribution in [2.45, 2.75) is 6.92 Å². The number of aryl methyl sites for hydroxylation is 1. The number of pyridine rings is 1. The van der Waals surface area contributed by atoms with Crippen LogP contribution in [0.1, 0.15) is 16.1 Å². The number of rotatable bonds is 3. The molecule has 0 saturated heterocycles. The summed E-state index contributed by atoms with van der Waals surface area (Å²) in [7, 11) is 0. The minimum Gasteiger partial charge on any atom is -0.411 e. The zero-order valence-electron chi connectivity index (χ0n) is 10.3. The molecule has 1 heterocycles. The molecule has 0 spiro atoms. The lowest BCUT2D eigenvalue weighted by molar-refractivity contribution is 0.111. The number of amides is 1. The molecule has 5 nitrogen and oxygen atoms in total. The third kappa shape index (κ3) is 2.77. The summed E-state index contributed by atoms with van der Waals surface area (Å²) >= 11 is 0. The van der Waals surface area contributed by atoms with E-state index < -0.39 is 6.09 Å². The molecule has 96 valence electrons. The molecule has 2 rings (SSSR count). The number of aromatic nitrogens is 1. The molecular weight excluding hydrogens is 244 g/mol. The molecule has 2 N–H and O–H groups in total. The first-order valence-electron chi connectivity index (χ1n) is 5.60. The van der Waals surface area contributed by atoms with Crippen LogP contribution < -0.4 is 10.5 Å². The van der Waals surface area contributed by atoms with Crippen LogP contribution in [0, 0.1) is 6.92 Å². The molecule has 1 aromatic heterocycles. The van der Waals surface area contributed by atoms with Gasteiger partial charge in [0.2, 0.25) is 0 Å². The number of nitrogens with two attached hydrogens (primary N) is 1. The van der Waals surface area contributed by atoms with Crippen LogP contribution >= 0.6 is 0 Å². The molecule has 2 aromatic rings. The summed E-state index contributed by atoms with van der Waals surface area (Å²) < 4.78 is 4.75. The Kier molecular flexibility index (Phi) is 3.56. The van der Waals surface area contributed by atoms with Gasteiger partial charge in [-0.2, -0.15) is 0 Å². The fraction of sp³-hybridized carbons (Fsp3) is 0.0714. The molecule has 0 unspecified atom stereocenters. The number of primary amides is 1. The van der Waals surface area contributed by atoms with E-state index in [1.807, 2.05) is 13.0 Å². The summed E-state index contributed by atoms with van der Waals surface area (Å²) in [6.07, 6.45) is 1.45. The van der Waals surface area contributed by atoms with Crippen molar-refractivity contribution >= 4 is 12.4 Å². The van der Waals surface area contributed by atoms with Gasteiger partial charge >= 0.3 is 6.09 Å². The van der Waals surface area contributed by atoms with Crippen molar-refractivity contribution in [3.63, 3.8) is 0 Å². The molecule has 0 atom stereocenters. The van der Waals surface area contributed by atoms with Crippen molar-refractivity contribution in [3.05, 3.63) is 47.8 Å². The van der Waals surface area contributed by atoms with Gasteiger partial charge < -0.3 is 10.5 Å². The molecule has 19 heavy (non-hydrogen) atoms. The Morgan fingerprint density at radius 1 is 1.26 bits per heavy atom. The maximum Gasteiger partial charge on any atom is 0.409 e. The first-order valence-corrected chi connectivity index (χ1v) is 5.60. The quantitative estimate of drug-likeness (QED) is 0.854. The molecule has 0 aliphatic rings. The molecule has 0 saturated carbocycles. The van der Waals surface area contributed by atoms with Gasteiger partial charge in [-0.25, -0.2) is 4.79 Å². The second kappa shape index (κ2) is 5.30. The second-order valence-corrected chi connectivity index (χ2v) is 3.95. The number of carbonyl (C=O) groups excluding carboxylic acids is 2. The minimum absolute atomic E-state index is 0.352. The van der Waals surface area contributed by atoms with Gasteiger partial charge in [0.1, 0.15) is 11.4 Å².